The van der Waals surface area contributed by atoms with Gasteiger partial charge < -0.3 is 10.4 Å². The second kappa shape index (κ2) is 8.46. The highest BCUT2D eigenvalue weighted by Gasteiger charge is 2.17. The lowest BCUT2D eigenvalue weighted by atomic mass is 10.1. The SMILES string of the molecule is CCc1c(C(=O)Nc2cccc(CCC(=O)O)c2)cnn1CC(C)C. The van der Waals surface area contributed by atoms with E-state index in [9.17, 15) is 9.59 Å². The summed E-state index contributed by atoms with van der Waals surface area (Å²) in [6.07, 6.45) is 2.85. The molecule has 0 bridgehead atoms. The molecule has 1 aromatic heterocycles. The van der Waals surface area contributed by atoms with Gasteiger partial charge in [0.1, 0.15) is 0 Å². The second-order valence-corrected chi connectivity index (χ2v) is 6.48. The zero-order chi connectivity index (χ0) is 18.4. The smallest absolute Gasteiger partial charge is 0.303 e. The fourth-order valence-corrected chi connectivity index (χ4v) is 2.73. The third-order valence-corrected chi connectivity index (χ3v) is 3.88. The first-order valence-electron chi connectivity index (χ1n) is 8.57. The lowest BCUT2D eigenvalue weighted by Gasteiger charge is -2.11. The van der Waals surface area contributed by atoms with E-state index >= 15 is 0 Å². The number of rotatable bonds is 8. The van der Waals surface area contributed by atoms with Crippen LogP contribution in [0.2, 0.25) is 0 Å². The maximum absolute atomic E-state index is 12.6. The van der Waals surface area contributed by atoms with Crippen LogP contribution in [0.1, 0.15) is 48.8 Å². The molecule has 0 aliphatic heterocycles. The van der Waals surface area contributed by atoms with Crippen LogP contribution < -0.4 is 5.32 Å². The van der Waals surface area contributed by atoms with E-state index in [-0.39, 0.29) is 12.3 Å². The Kier molecular flexibility index (Phi) is 6.33. The number of hydrogen-bond donors (Lipinski definition) is 2. The van der Waals surface area contributed by atoms with Gasteiger partial charge in [-0.25, -0.2) is 0 Å². The molecule has 0 atom stereocenters. The first-order chi connectivity index (χ1) is 11.9. The van der Waals surface area contributed by atoms with Crippen molar-refractivity contribution in [1.82, 2.24) is 9.78 Å². The van der Waals surface area contributed by atoms with Gasteiger partial charge in [0, 0.05) is 18.7 Å². The molecule has 0 unspecified atom stereocenters. The Morgan fingerprint density at radius 3 is 2.72 bits per heavy atom. The van der Waals surface area contributed by atoms with Crippen LogP contribution in [-0.4, -0.2) is 26.8 Å². The van der Waals surface area contributed by atoms with Gasteiger partial charge in [-0.05, 0) is 36.5 Å². The molecule has 1 amide bonds. The number of benzene rings is 1. The normalized spacial score (nSPS) is 10.9. The zero-order valence-electron chi connectivity index (χ0n) is 15.0. The van der Waals surface area contributed by atoms with E-state index in [4.69, 9.17) is 5.11 Å². The quantitative estimate of drug-likeness (QED) is 0.769. The topological polar surface area (TPSA) is 84.2 Å². The minimum atomic E-state index is -0.834. The number of aryl methyl sites for hydroxylation is 1. The largest absolute Gasteiger partial charge is 0.481 e. The van der Waals surface area contributed by atoms with E-state index in [1.165, 1.54) is 0 Å². The number of hydrogen-bond acceptors (Lipinski definition) is 3. The van der Waals surface area contributed by atoms with Crippen molar-refractivity contribution < 1.29 is 14.7 Å². The van der Waals surface area contributed by atoms with Crippen molar-refractivity contribution in [2.24, 2.45) is 5.92 Å². The van der Waals surface area contributed by atoms with Crippen LogP contribution >= 0.6 is 0 Å². The third kappa shape index (κ3) is 5.17. The van der Waals surface area contributed by atoms with Crippen molar-refractivity contribution in [1.29, 1.82) is 0 Å². The summed E-state index contributed by atoms with van der Waals surface area (Å²) in [6, 6.07) is 7.28. The van der Waals surface area contributed by atoms with Crippen LogP contribution in [0.25, 0.3) is 0 Å². The maximum Gasteiger partial charge on any atom is 0.303 e. The van der Waals surface area contributed by atoms with E-state index in [0.29, 0.717) is 23.6 Å². The highest BCUT2D eigenvalue weighted by atomic mass is 16.4. The van der Waals surface area contributed by atoms with Crippen LogP contribution in [0.4, 0.5) is 5.69 Å². The van der Waals surface area contributed by atoms with Gasteiger partial charge in [-0.15, -0.1) is 0 Å². The number of anilines is 1. The van der Waals surface area contributed by atoms with E-state index < -0.39 is 5.97 Å². The fourth-order valence-electron chi connectivity index (χ4n) is 2.73. The number of aromatic nitrogens is 2. The van der Waals surface area contributed by atoms with Gasteiger partial charge in [0.2, 0.25) is 0 Å². The molecule has 134 valence electrons. The number of nitrogens with one attached hydrogen (secondary N) is 1. The van der Waals surface area contributed by atoms with Crippen LogP contribution in [0.15, 0.2) is 30.5 Å². The maximum atomic E-state index is 12.6. The van der Waals surface area contributed by atoms with Crippen molar-refractivity contribution >= 4 is 17.6 Å². The van der Waals surface area contributed by atoms with Gasteiger partial charge in [0.15, 0.2) is 0 Å². The highest BCUT2D eigenvalue weighted by molar-refractivity contribution is 6.05. The molecule has 2 N–H and O–H groups in total. The van der Waals surface area contributed by atoms with Crippen molar-refractivity contribution in [3.05, 3.63) is 47.3 Å². The molecule has 2 aromatic rings. The number of amides is 1. The molecular formula is C19H25N3O3. The Labute approximate surface area is 147 Å². The van der Waals surface area contributed by atoms with Crippen molar-refractivity contribution in [3.8, 4) is 0 Å². The number of carbonyl (C=O) groups is 2. The zero-order valence-corrected chi connectivity index (χ0v) is 15.0. The van der Waals surface area contributed by atoms with E-state index in [1.807, 2.05) is 29.8 Å². The summed E-state index contributed by atoms with van der Waals surface area (Å²) in [6.45, 7) is 7.02. The Hall–Kier alpha value is -2.63. The molecule has 2 rings (SSSR count). The number of nitrogens with zero attached hydrogens (tertiary/aromatic N) is 2. The minimum Gasteiger partial charge on any atom is -0.481 e. The predicted molar refractivity (Wildman–Crippen MR) is 96.8 cm³/mol. The monoisotopic (exact) mass is 343 g/mol. The molecule has 25 heavy (non-hydrogen) atoms. The van der Waals surface area contributed by atoms with E-state index in [0.717, 1.165) is 24.2 Å². The molecule has 0 aliphatic rings. The first kappa shape index (κ1) is 18.7. The summed E-state index contributed by atoms with van der Waals surface area (Å²) in [7, 11) is 0. The van der Waals surface area contributed by atoms with Gasteiger partial charge in [0.25, 0.3) is 5.91 Å². The van der Waals surface area contributed by atoms with Gasteiger partial charge in [-0.2, -0.15) is 5.10 Å². The lowest BCUT2D eigenvalue weighted by molar-refractivity contribution is -0.136. The molecule has 0 saturated heterocycles. The fraction of sp³-hybridized carbons (Fsp3) is 0.421. The Morgan fingerprint density at radius 2 is 2.08 bits per heavy atom. The lowest BCUT2D eigenvalue weighted by Crippen LogP contribution is -2.16. The van der Waals surface area contributed by atoms with Crippen molar-refractivity contribution in [2.75, 3.05) is 5.32 Å². The van der Waals surface area contributed by atoms with E-state index in [2.05, 4.69) is 24.3 Å². The summed E-state index contributed by atoms with van der Waals surface area (Å²) in [5.41, 5.74) is 3.05. The number of carboxylic acids is 1. The average Bonchev–Trinajstić information content (AvgIpc) is 2.95. The Balaban J connectivity index is 2.13. The second-order valence-electron chi connectivity index (χ2n) is 6.48. The van der Waals surface area contributed by atoms with Gasteiger partial charge in [-0.3, -0.25) is 14.3 Å². The minimum absolute atomic E-state index is 0.0688. The number of aliphatic carboxylic acids is 1. The molecule has 0 radical (unpaired) electrons. The molecular weight excluding hydrogens is 318 g/mol. The number of carboxylic acid groups (broad SMARTS) is 1. The Bertz CT molecular complexity index is 750. The predicted octanol–water partition coefficient (Wildman–Crippen LogP) is 3.37. The molecule has 0 saturated carbocycles. The number of carbonyl (C=O) groups excluding carboxylic acids is 1. The van der Waals surface area contributed by atoms with Crippen molar-refractivity contribution in [2.45, 2.75) is 46.6 Å². The summed E-state index contributed by atoms with van der Waals surface area (Å²) in [4.78, 5) is 23.3. The van der Waals surface area contributed by atoms with E-state index in [1.54, 1.807) is 12.3 Å². The molecule has 0 aliphatic carbocycles. The molecule has 1 heterocycles. The summed E-state index contributed by atoms with van der Waals surface area (Å²) < 4.78 is 1.89. The molecule has 1 aromatic carbocycles. The molecule has 0 spiro atoms. The standard InChI is InChI=1S/C19H25N3O3/c1-4-17-16(11-20-22(17)12-13(2)3)19(25)21-15-7-5-6-14(10-15)8-9-18(23)24/h5-7,10-11,13H,4,8-9,12H2,1-3H3,(H,21,25)(H,23,24). The van der Waals surface area contributed by atoms with Crippen LogP contribution in [0.5, 0.6) is 0 Å². The molecule has 6 nitrogen and oxygen atoms in total. The van der Waals surface area contributed by atoms with Gasteiger partial charge in [0.05, 0.1) is 17.5 Å². The molecule has 6 heteroatoms. The third-order valence-electron chi connectivity index (χ3n) is 3.88. The first-order valence-corrected chi connectivity index (χ1v) is 8.57. The van der Waals surface area contributed by atoms with Crippen LogP contribution in [-0.2, 0) is 24.2 Å². The van der Waals surface area contributed by atoms with Crippen molar-refractivity contribution in [3.63, 3.8) is 0 Å². The highest BCUT2D eigenvalue weighted by Crippen LogP contribution is 2.17. The van der Waals surface area contributed by atoms with Crippen LogP contribution in [0, 0.1) is 5.92 Å². The molecule has 0 fully saturated rings. The van der Waals surface area contributed by atoms with Gasteiger partial charge in [-0.1, -0.05) is 32.9 Å². The Morgan fingerprint density at radius 1 is 1.32 bits per heavy atom. The van der Waals surface area contributed by atoms with Crippen LogP contribution in [0.3, 0.4) is 0 Å². The summed E-state index contributed by atoms with van der Waals surface area (Å²) in [5, 5.41) is 16.0. The van der Waals surface area contributed by atoms with Gasteiger partial charge >= 0.3 is 5.97 Å². The average molecular weight is 343 g/mol. The summed E-state index contributed by atoms with van der Waals surface area (Å²) in [5.74, 6) is -0.575. The summed E-state index contributed by atoms with van der Waals surface area (Å²) >= 11 is 0.